The molecule has 0 aliphatic carbocycles. The Morgan fingerprint density at radius 1 is 1.24 bits per heavy atom. The number of nitrogens with two attached hydrogens (primary N) is 1. The summed E-state index contributed by atoms with van der Waals surface area (Å²) in [6.07, 6.45) is -4.21. The van der Waals surface area contributed by atoms with Gasteiger partial charge in [0.25, 0.3) is 0 Å². The molecule has 0 saturated heterocycles. The van der Waals surface area contributed by atoms with Gasteiger partial charge in [-0.2, -0.15) is 13.2 Å². The van der Waals surface area contributed by atoms with Crippen molar-refractivity contribution in [3.8, 4) is 10.4 Å². The van der Waals surface area contributed by atoms with Crippen LogP contribution in [0.3, 0.4) is 0 Å². The number of allylic oxidation sites excluding steroid dienone is 1. The molecule has 134 valence electrons. The quantitative estimate of drug-likeness (QED) is 0.603. The fraction of sp³-hybridized carbons (Fsp3) is 0.188. The zero-order valence-electron chi connectivity index (χ0n) is 13.2. The first-order valence-corrected chi connectivity index (χ1v) is 7.80. The molecule has 1 aromatic carbocycles. The molecule has 0 aliphatic rings. The lowest BCUT2D eigenvalue weighted by Crippen LogP contribution is -2.31. The molecule has 9 heteroatoms. The summed E-state index contributed by atoms with van der Waals surface area (Å²) in [4.78, 5) is 4.68. The predicted molar refractivity (Wildman–Crippen MR) is 88.9 cm³/mol. The molecular weight excluding hydrogens is 361 g/mol. The van der Waals surface area contributed by atoms with Crippen LogP contribution >= 0.6 is 11.3 Å². The molecule has 0 bridgehead atoms. The third kappa shape index (κ3) is 4.16. The summed E-state index contributed by atoms with van der Waals surface area (Å²) in [5.74, 6) is -2.11. The van der Waals surface area contributed by atoms with E-state index in [0.717, 1.165) is 10.9 Å². The van der Waals surface area contributed by atoms with E-state index in [9.17, 15) is 22.0 Å². The van der Waals surface area contributed by atoms with Gasteiger partial charge in [-0.25, -0.2) is 13.8 Å². The van der Waals surface area contributed by atoms with Crippen LogP contribution in [-0.2, 0) is 0 Å². The lowest BCUT2D eigenvalue weighted by molar-refractivity contribution is -0.0584. The molecule has 2 rings (SSSR count). The molecule has 0 saturated carbocycles. The molecule has 0 unspecified atom stereocenters. The number of hydrogen-bond donors (Lipinski definition) is 2. The molecule has 0 fully saturated rings. The van der Waals surface area contributed by atoms with E-state index in [2.05, 4.69) is 10.3 Å². The average molecular weight is 375 g/mol. The molecule has 3 N–H and O–H groups in total. The Labute approximate surface area is 144 Å². The SMILES string of the molecule is CNC(=CN)C(=Nc1c(F)cc(F)cc1-c1ccc(C)s1)C(F)(F)F. The van der Waals surface area contributed by atoms with E-state index in [-0.39, 0.29) is 5.56 Å². The molecule has 2 aromatic rings. The van der Waals surface area contributed by atoms with Crippen LogP contribution in [0.5, 0.6) is 0 Å². The van der Waals surface area contributed by atoms with Crippen LogP contribution in [0.25, 0.3) is 10.4 Å². The Hall–Kier alpha value is -2.42. The Morgan fingerprint density at radius 2 is 1.92 bits per heavy atom. The zero-order chi connectivity index (χ0) is 18.8. The number of rotatable bonds is 4. The van der Waals surface area contributed by atoms with Crippen LogP contribution in [0.4, 0.5) is 27.6 Å². The second-order valence-corrected chi connectivity index (χ2v) is 6.27. The number of aliphatic imine (C=N–C) groups is 1. The lowest BCUT2D eigenvalue weighted by atomic mass is 10.1. The third-order valence-electron chi connectivity index (χ3n) is 3.22. The summed E-state index contributed by atoms with van der Waals surface area (Å²) in [6, 6.07) is 4.70. The van der Waals surface area contributed by atoms with Crippen LogP contribution < -0.4 is 11.1 Å². The van der Waals surface area contributed by atoms with Gasteiger partial charge in [0, 0.05) is 34.6 Å². The molecule has 0 radical (unpaired) electrons. The molecule has 25 heavy (non-hydrogen) atoms. The highest BCUT2D eigenvalue weighted by Crippen LogP contribution is 2.39. The topological polar surface area (TPSA) is 50.4 Å². The molecule has 1 heterocycles. The maximum atomic E-state index is 14.2. The van der Waals surface area contributed by atoms with Gasteiger partial charge in [0.05, 0.1) is 5.70 Å². The second kappa shape index (κ2) is 7.22. The summed E-state index contributed by atoms with van der Waals surface area (Å²) in [7, 11) is 1.23. The van der Waals surface area contributed by atoms with Gasteiger partial charge < -0.3 is 11.1 Å². The molecular formula is C16H14F5N3S. The van der Waals surface area contributed by atoms with Crippen molar-refractivity contribution >= 4 is 22.7 Å². The van der Waals surface area contributed by atoms with Crippen molar-refractivity contribution in [3.63, 3.8) is 0 Å². The Balaban J connectivity index is 2.76. The van der Waals surface area contributed by atoms with E-state index in [1.807, 2.05) is 0 Å². The van der Waals surface area contributed by atoms with Gasteiger partial charge in [0.1, 0.15) is 11.5 Å². The standard InChI is InChI=1S/C16H14F5N3S/c1-8-3-4-13(25-8)10-5-9(17)6-11(18)14(10)24-15(16(19,20)21)12(7-22)23-2/h3-7,23H,22H2,1-2H3. The summed E-state index contributed by atoms with van der Waals surface area (Å²) in [5, 5.41) is 2.26. The van der Waals surface area contributed by atoms with Crippen LogP contribution in [0.1, 0.15) is 4.88 Å². The summed E-state index contributed by atoms with van der Waals surface area (Å²) in [6.45, 7) is 1.77. The van der Waals surface area contributed by atoms with Gasteiger partial charge >= 0.3 is 6.18 Å². The first kappa shape index (κ1) is 18.9. The normalized spacial score (nSPS) is 13.2. The Bertz CT molecular complexity index is 837. The Morgan fingerprint density at radius 3 is 2.40 bits per heavy atom. The van der Waals surface area contributed by atoms with Crippen LogP contribution in [0.2, 0.25) is 0 Å². The van der Waals surface area contributed by atoms with E-state index < -0.39 is 34.9 Å². The minimum absolute atomic E-state index is 0.0650. The second-order valence-electron chi connectivity index (χ2n) is 4.98. The van der Waals surface area contributed by atoms with Gasteiger partial charge in [-0.05, 0) is 25.1 Å². The number of thiophene rings is 1. The summed E-state index contributed by atoms with van der Waals surface area (Å²) in [5.41, 5.74) is 2.59. The summed E-state index contributed by atoms with van der Waals surface area (Å²) >= 11 is 1.19. The van der Waals surface area contributed by atoms with Crippen molar-refractivity contribution in [2.75, 3.05) is 7.05 Å². The number of alkyl halides is 3. The van der Waals surface area contributed by atoms with Gasteiger partial charge in [-0.3, -0.25) is 0 Å². The van der Waals surface area contributed by atoms with Crippen molar-refractivity contribution in [1.82, 2.24) is 5.32 Å². The van der Waals surface area contributed by atoms with Gasteiger partial charge in [-0.1, -0.05) is 0 Å². The number of benzene rings is 1. The largest absolute Gasteiger partial charge is 0.435 e. The highest BCUT2D eigenvalue weighted by molar-refractivity contribution is 7.15. The minimum atomic E-state index is -4.89. The highest BCUT2D eigenvalue weighted by atomic mass is 32.1. The van der Waals surface area contributed by atoms with Crippen molar-refractivity contribution in [2.24, 2.45) is 10.7 Å². The van der Waals surface area contributed by atoms with Crippen molar-refractivity contribution in [3.05, 3.63) is 52.7 Å². The number of nitrogens with one attached hydrogen (secondary N) is 1. The zero-order valence-corrected chi connectivity index (χ0v) is 14.0. The average Bonchev–Trinajstić information content (AvgIpc) is 2.94. The van der Waals surface area contributed by atoms with Crippen molar-refractivity contribution in [1.29, 1.82) is 0 Å². The van der Waals surface area contributed by atoms with E-state index in [1.165, 1.54) is 18.4 Å². The maximum Gasteiger partial charge on any atom is 0.435 e. The van der Waals surface area contributed by atoms with E-state index in [4.69, 9.17) is 5.73 Å². The fourth-order valence-electron chi connectivity index (χ4n) is 2.12. The highest BCUT2D eigenvalue weighted by Gasteiger charge is 2.38. The van der Waals surface area contributed by atoms with Crippen LogP contribution in [0, 0.1) is 18.6 Å². The van der Waals surface area contributed by atoms with Gasteiger partial charge in [0.15, 0.2) is 11.5 Å². The van der Waals surface area contributed by atoms with Crippen molar-refractivity contribution in [2.45, 2.75) is 13.1 Å². The molecule has 1 aromatic heterocycles. The van der Waals surface area contributed by atoms with Gasteiger partial charge in [-0.15, -0.1) is 11.3 Å². The van der Waals surface area contributed by atoms with Crippen LogP contribution in [0.15, 0.2) is 41.2 Å². The molecule has 0 atom stereocenters. The van der Waals surface area contributed by atoms with Crippen LogP contribution in [-0.4, -0.2) is 18.9 Å². The van der Waals surface area contributed by atoms with E-state index in [0.29, 0.717) is 17.1 Å². The fourth-order valence-corrected chi connectivity index (χ4v) is 3.00. The Kier molecular flexibility index (Phi) is 5.46. The maximum absolute atomic E-state index is 14.2. The van der Waals surface area contributed by atoms with Crippen molar-refractivity contribution < 1.29 is 22.0 Å². The molecule has 0 amide bonds. The monoisotopic (exact) mass is 375 g/mol. The van der Waals surface area contributed by atoms with Gasteiger partial charge in [0.2, 0.25) is 0 Å². The number of hydrogen-bond acceptors (Lipinski definition) is 4. The molecule has 3 nitrogen and oxygen atoms in total. The number of nitrogens with zero attached hydrogens (tertiary/aromatic N) is 1. The number of halogens is 5. The first-order valence-electron chi connectivity index (χ1n) is 6.99. The van der Waals surface area contributed by atoms with E-state index >= 15 is 0 Å². The predicted octanol–water partition coefficient (Wildman–Crippen LogP) is 4.66. The summed E-state index contributed by atoms with van der Waals surface area (Å²) < 4.78 is 67.8. The third-order valence-corrected chi connectivity index (χ3v) is 4.25. The molecule has 0 spiro atoms. The minimum Gasteiger partial charge on any atom is -0.403 e. The van der Waals surface area contributed by atoms with E-state index in [1.54, 1.807) is 19.1 Å². The lowest BCUT2D eigenvalue weighted by Gasteiger charge is -2.15. The smallest absolute Gasteiger partial charge is 0.403 e. The first-order chi connectivity index (χ1) is 11.7. The molecule has 0 aliphatic heterocycles. The number of aryl methyl sites for hydroxylation is 1.